The standard InChI is InChI=1S/C21H28N2O3S/c1-16(2)19-11-5-6-12-20(19)22-21(24)13-8-14-23(27(4,25)26)18-10-7-9-17(3)15-18/h5-7,9-12,15-16H,8,13-14H2,1-4H3,(H,22,24). The molecular weight excluding hydrogens is 360 g/mol. The highest BCUT2D eigenvalue weighted by Gasteiger charge is 2.18. The summed E-state index contributed by atoms with van der Waals surface area (Å²) in [6.07, 6.45) is 1.88. The SMILES string of the molecule is Cc1cccc(N(CCCC(=O)Nc2ccccc2C(C)C)S(C)(=O)=O)c1. The third kappa shape index (κ3) is 6.10. The summed E-state index contributed by atoms with van der Waals surface area (Å²) in [6, 6.07) is 15.1. The monoisotopic (exact) mass is 388 g/mol. The smallest absolute Gasteiger partial charge is 0.232 e. The van der Waals surface area contributed by atoms with Gasteiger partial charge in [0.2, 0.25) is 15.9 Å². The summed E-state index contributed by atoms with van der Waals surface area (Å²) < 4.78 is 25.7. The number of nitrogens with one attached hydrogen (secondary N) is 1. The molecule has 0 atom stereocenters. The van der Waals surface area contributed by atoms with E-state index in [1.807, 2.05) is 49.4 Å². The Balaban J connectivity index is 2.00. The number of rotatable bonds is 8. The van der Waals surface area contributed by atoms with Crippen LogP contribution in [0.15, 0.2) is 48.5 Å². The molecule has 0 spiro atoms. The number of benzene rings is 2. The van der Waals surface area contributed by atoms with Crippen molar-refractivity contribution in [2.75, 3.05) is 22.4 Å². The summed E-state index contributed by atoms with van der Waals surface area (Å²) >= 11 is 0. The van der Waals surface area contributed by atoms with Crippen molar-refractivity contribution < 1.29 is 13.2 Å². The van der Waals surface area contributed by atoms with Gasteiger partial charge in [-0.3, -0.25) is 9.10 Å². The van der Waals surface area contributed by atoms with Gasteiger partial charge in [-0.15, -0.1) is 0 Å². The summed E-state index contributed by atoms with van der Waals surface area (Å²) in [4.78, 5) is 12.3. The Labute approximate surface area is 162 Å². The Bertz CT molecular complexity index is 892. The van der Waals surface area contributed by atoms with Crippen molar-refractivity contribution in [3.8, 4) is 0 Å². The fourth-order valence-corrected chi connectivity index (χ4v) is 3.94. The van der Waals surface area contributed by atoms with E-state index in [4.69, 9.17) is 0 Å². The van der Waals surface area contributed by atoms with E-state index < -0.39 is 10.0 Å². The van der Waals surface area contributed by atoms with Gasteiger partial charge in [-0.05, 0) is 48.6 Å². The van der Waals surface area contributed by atoms with Crippen molar-refractivity contribution in [1.82, 2.24) is 0 Å². The first-order valence-electron chi connectivity index (χ1n) is 9.11. The van der Waals surface area contributed by atoms with Gasteiger partial charge in [0.25, 0.3) is 0 Å². The summed E-state index contributed by atoms with van der Waals surface area (Å²) in [5.41, 5.74) is 3.52. The van der Waals surface area contributed by atoms with E-state index in [1.165, 1.54) is 10.6 Å². The van der Waals surface area contributed by atoms with Gasteiger partial charge in [0.15, 0.2) is 0 Å². The number of hydrogen-bond acceptors (Lipinski definition) is 3. The van der Waals surface area contributed by atoms with Gasteiger partial charge in [-0.25, -0.2) is 8.42 Å². The lowest BCUT2D eigenvalue weighted by molar-refractivity contribution is -0.116. The molecule has 0 aromatic heterocycles. The Kier molecular flexibility index (Phi) is 7.02. The summed E-state index contributed by atoms with van der Waals surface area (Å²) in [6.45, 7) is 6.35. The van der Waals surface area contributed by atoms with Crippen LogP contribution in [-0.2, 0) is 14.8 Å². The molecule has 0 aliphatic carbocycles. The zero-order valence-electron chi connectivity index (χ0n) is 16.4. The second-order valence-corrected chi connectivity index (χ2v) is 8.97. The van der Waals surface area contributed by atoms with E-state index in [2.05, 4.69) is 19.2 Å². The molecule has 0 unspecified atom stereocenters. The Morgan fingerprint density at radius 2 is 1.81 bits per heavy atom. The van der Waals surface area contributed by atoms with Gasteiger partial charge in [-0.1, -0.05) is 44.2 Å². The van der Waals surface area contributed by atoms with Gasteiger partial charge in [-0.2, -0.15) is 0 Å². The van der Waals surface area contributed by atoms with Crippen LogP contribution in [0.4, 0.5) is 11.4 Å². The van der Waals surface area contributed by atoms with E-state index in [0.717, 1.165) is 16.8 Å². The van der Waals surface area contributed by atoms with Crippen LogP contribution in [0.25, 0.3) is 0 Å². The second-order valence-electron chi connectivity index (χ2n) is 7.07. The number of aryl methyl sites for hydroxylation is 1. The number of carbonyl (C=O) groups excluding carboxylic acids is 1. The molecule has 0 aliphatic heterocycles. The molecule has 0 bridgehead atoms. The molecule has 0 aliphatic rings. The van der Waals surface area contributed by atoms with Gasteiger partial charge in [0.05, 0.1) is 11.9 Å². The van der Waals surface area contributed by atoms with Crippen LogP contribution in [0.5, 0.6) is 0 Å². The lowest BCUT2D eigenvalue weighted by Crippen LogP contribution is -2.31. The zero-order chi connectivity index (χ0) is 20.0. The fraction of sp³-hybridized carbons (Fsp3) is 0.381. The quantitative estimate of drug-likeness (QED) is 0.733. The van der Waals surface area contributed by atoms with E-state index in [1.54, 1.807) is 6.07 Å². The molecule has 1 amide bonds. The van der Waals surface area contributed by atoms with Crippen molar-refractivity contribution in [3.05, 3.63) is 59.7 Å². The first-order chi connectivity index (χ1) is 12.7. The van der Waals surface area contributed by atoms with E-state index in [9.17, 15) is 13.2 Å². The third-order valence-electron chi connectivity index (χ3n) is 4.31. The normalized spacial score (nSPS) is 11.4. The van der Waals surface area contributed by atoms with Crippen molar-refractivity contribution in [2.45, 2.75) is 39.5 Å². The van der Waals surface area contributed by atoms with E-state index in [0.29, 0.717) is 18.0 Å². The van der Waals surface area contributed by atoms with Crippen molar-refractivity contribution in [1.29, 1.82) is 0 Å². The highest BCUT2D eigenvalue weighted by molar-refractivity contribution is 7.92. The maximum atomic E-state index is 12.3. The minimum Gasteiger partial charge on any atom is -0.326 e. The minimum absolute atomic E-state index is 0.110. The van der Waals surface area contributed by atoms with Crippen molar-refractivity contribution >= 4 is 27.3 Å². The molecule has 0 fully saturated rings. The number of para-hydroxylation sites is 1. The van der Waals surface area contributed by atoms with Crippen LogP contribution in [0, 0.1) is 6.92 Å². The highest BCUT2D eigenvalue weighted by atomic mass is 32.2. The Morgan fingerprint density at radius 3 is 2.44 bits per heavy atom. The predicted molar refractivity (Wildman–Crippen MR) is 112 cm³/mol. The van der Waals surface area contributed by atoms with Crippen LogP contribution in [0.2, 0.25) is 0 Å². The molecule has 6 heteroatoms. The van der Waals surface area contributed by atoms with Crippen LogP contribution < -0.4 is 9.62 Å². The van der Waals surface area contributed by atoms with Crippen molar-refractivity contribution in [2.24, 2.45) is 0 Å². The highest BCUT2D eigenvalue weighted by Crippen LogP contribution is 2.24. The van der Waals surface area contributed by atoms with Crippen LogP contribution >= 0.6 is 0 Å². The topological polar surface area (TPSA) is 66.5 Å². The average Bonchev–Trinajstić information content (AvgIpc) is 2.58. The first-order valence-corrected chi connectivity index (χ1v) is 11.0. The number of sulfonamides is 1. The molecular formula is C21H28N2O3S. The minimum atomic E-state index is -3.41. The Morgan fingerprint density at radius 1 is 1.11 bits per heavy atom. The van der Waals surface area contributed by atoms with E-state index in [-0.39, 0.29) is 18.9 Å². The van der Waals surface area contributed by atoms with Gasteiger partial charge >= 0.3 is 0 Å². The number of carbonyl (C=O) groups is 1. The summed E-state index contributed by atoms with van der Waals surface area (Å²) in [7, 11) is -3.41. The molecule has 27 heavy (non-hydrogen) atoms. The fourth-order valence-electron chi connectivity index (χ4n) is 2.98. The third-order valence-corrected chi connectivity index (χ3v) is 5.51. The number of anilines is 2. The first kappa shape index (κ1) is 21.0. The lowest BCUT2D eigenvalue weighted by Gasteiger charge is -2.22. The van der Waals surface area contributed by atoms with Gasteiger partial charge in [0, 0.05) is 18.7 Å². The largest absolute Gasteiger partial charge is 0.326 e. The second kappa shape index (κ2) is 9.04. The molecule has 1 N–H and O–H groups in total. The Hall–Kier alpha value is -2.34. The van der Waals surface area contributed by atoms with E-state index >= 15 is 0 Å². The maximum absolute atomic E-state index is 12.3. The molecule has 2 aromatic carbocycles. The molecule has 5 nitrogen and oxygen atoms in total. The van der Waals surface area contributed by atoms with Gasteiger partial charge < -0.3 is 5.32 Å². The summed E-state index contributed by atoms with van der Waals surface area (Å²) in [5.74, 6) is 0.198. The maximum Gasteiger partial charge on any atom is 0.232 e. The van der Waals surface area contributed by atoms with Crippen molar-refractivity contribution in [3.63, 3.8) is 0 Å². The van der Waals surface area contributed by atoms with Crippen LogP contribution in [0.3, 0.4) is 0 Å². The number of nitrogens with zero attached hydrogens (tertiary/aromatic N) is 1. The average molecular weight is 389 g/mol. The van der Waals surface area contributed by atoms with Crippen LogP contribution in [-0.4, -0.2) is 27.1 Å². The zero-order valence-corrected chi connectivity index (χ0v) is 17.2. The molecule has 0 saturated heterocycles. The molecule has 0 radical (unpaired) electrons. The molecule has 146 valence electrons. The summed E-state index contributed by atoms with van der Waals surface area (Å²) in [5, 5.41) is 2.95. The molecule has 2 rings (SSSR count). The molecule has 2 aromatic rings. The molecule has 0 heterocycles. The number of amides is 1. The lowest BCUT2D eigenvalue weighted by atomic mass is 10.0. The van der Waals surface area contributed by atoms with Gasteiger partial charge in [0.1, 0.15) is 0 Å². The number of hydrogen-bond donors (Lipinski definition) is 1. The predicted octanol–water partition coefficient (Wildman–Crippen LogP) is 4.30. The van der Waals surface area contributed by atoms with Crippen LogP contribution in [0.1, 0.15) is 43.7 Å². The molecule has 0 saturated carbocycles.